The van der Waals surface area contributed by atoms with Crippen molar-refractivity contribution in [1.82, 2.24) is 10.2 Å². The zero-order valence-corrected chi connectivity index (χ0v) is 11.5. The van der Waals surface area contributed by atoms with Gasteiger partial charge in [0.1, 0.15) is 5.60 Å². The van der Waals surface area contributed by atoms with Crippen LogP contribution < -0.4 is 5.32 Å². The minimum Gasteiger partial charge on any atom is -0.444 e. The molecule has 0 radical (unpaired) electrons. The van der Waals surface area contributed by atoms with Crippen LogP contribution in [0, 0.1) is 5.41 Å². The molecule has 0 aliphatic carbocycles. The van der Waals surface area contributed by atoms with Crippen molar-refractivity contribution in [3.05, 3.63) is 0 Å². The molecule has 2 N–H and O–H groups in total. The Morgan fingerprint density at radius 3 is 2.78 bits per heavy atom. The monoisotopic (exact) mass is 256 g/mol. The summed E-state index contributed by atoms with van der Waals surface area (Å²) in [6.07, 6.45) is 1.27. The average molecular weight is 256 g/mol. The highest BCUT2D eigenvalue weighted by molar-refractivity contribution is 5.68. The highest BCUT2D eigenvalue weighted by Crippen LogP contribution is 2.37. The Balaban J connectivity index is 1.99. The van der Waals surface area contributed by atoms with E-state index < -0.39 is 11.7 Å². The first-order chi connectivity index (χ1) is 8.32. The fourth-order valence-corrected chi connectivity index (χ4v) is 2.83. The number of nitrogens with one attached hydrogen (secondary N) is 1. The molecule has 2 saturated heterocycles. The van der Waals surface area contributed by atoms with E-state index in [0.717, 1.165) is 25.9 Å². The molecular weight excluding hydrogens is 232 g/mol. The van der Waals surface area contributed by atoms with E-state index in [4.69, 9.17) is 4.74 Å². The van der Waals surface area contributed by atoms with Gasteiger partial charge < -0.3 is 20.1 Å². The number of ether oxygens (including phenoxy) is 1. The molecule has 0 aromatic rings. The fraction of sp³-hybridized carbons (Fsp3) is 0.923. The molecule has 2 rings (SSSR count). The van der Waals surface area contributed by atoms with Gasteiger partial charge in [-0.3, -0.25) is 0 Å². The smallest absolute Gasteiger partial charge is 0.410 e. The third-order valence-corrected chi connectivity index (χ3v) is 3.76. The second-order valence-electron chi connectivity index (χ2n) is 6.52. The zero-order chi connectivity index (χ0) is 13.4. The molecule has 2 aliphatic heterocycles. The third kappa shape index (κ3) is 2.78. The maximum absolute atomic E-state index is 12.0. The number of piperidine rings is 1. The molecule has 18 heavy (non-hydrogen) atoms. The van der Waals surface area contributed by atoms with Gasteiger partial charge in [-0.1, -0.05) is 0 Å². The van der Waals surface area contributed by atoms with Crippen molar-refractivity contribution in [3.63, 3.8) is 0 Å². The van der Waals surface area contributed by atoms with Crippen LogP contribution in [0.3, 0.4) is 0 Å². The van der Waals surface area contributed by atoms with Crippen LogP contribution in [0.4, 0.5) is 4.79 Å². The van der Waals surface area contributed by atoms with Crippen molar-refractivity contribution >= 4 is 6.09 Å². The summed E-state index contributed by atoms with van der Waals surface area (Å²) in [4.78, 5) is 13.6. The lowest BCUT2D eigenvalue weighted by atomic mass is 9.78. The van der Waals surface area contributed by atoms with Gasteiger partial charge in [0.2, 0.25) is 0 Å². The van der Waals surface area contributed by atoms with Gasteiger partial charge in [-0.15, -0.1) is 0 Å². The van der Waals surface area contributed by atoms with Gasteiger partial charge in [0.15, 0.2) is 0 Å². The number of carbonyl (C=O) groups is 1. The van der Waals surface area contributed by atoms with E-state index in [1.165, 1.54) is 0 Å². The van der Waals surface area contributed by atoms with Crippen LogP contribution in [0.1, 0.15) is 33.6 Å². The van der Waals surface area contributed by atoms with Gasteiger partial charge in [0, 0.05) is 18.5 Å². The van der Waals surface area contributed by atoms with E-state index in [1.54, 1.807) is 4.90 Å². The lowest BCUT2D eigenvalue weighted by Crippen LogP contribution is -2.47. The minimum absolute atomic E-state index is 0.171. The summed E-state index contributed by atoms with van der Waals surface area (Å²) < 4.78 is 5.36. The number of aliphatic hydroxyl groups excluding tert-OH is 1. The summed E-state index contributed by atoms with van der Waals surface area (Å²) in [5, 5.41) is 13.5. The number of hydrogen-bond donors (Lipinski definition) is 2. The number of nitrogens with zero attached hydrogens (tertiary/aromatic N) is 1. The Kier molecular flexibility index (Phi) is 3.56. The summed E-state index contributed by atoms with van der Waals surface area (Å²) in [5.74, 6) is 0. The maximum atomic E-state index is 12.0. The summed E-state index contributed by atoms with van der Waals surface area (Å²) in [5.41, 5.74) is -0.655. The van der Waals surface area contributed by atoms with Crippen LogP contribution in [-0.2, 0) is 4.74 Å². The summed E-state index contributed by atoms with van der Waals surface area (Å²) in [7, 11) is 0. The minimum atomic E-state index is -0.484. The molecule has 0 aromatic carbocycles. The van der Waals surface area contributed by atoms with Gasteiger partial charge in [-0.25, -0.2) is 4.79 Å². The number of amides is 1. The average Bonchev–Trinajstić information content (AvgIpc) is 2.56. The second kappa shape index (κ2) is 4.70. The first-order valence-electron chi connectivity index (χ1n) is 6.69. The molecule has 2 aliphatic rings. The Morgan fingerprint density at radius 2 is 2.22 bits per heavy atom. The maximum Gasteiger partial charge on any atom is 0.410 e. The second-order valence-corrected chi connectivity index (χ2v) is 6.52. The molecule has 2 atom stereocenters. The van der Waals surface area contributed by atoms with Crippen molar-refractivity contribution in [1.29, 1.82) is 0 Å². The first kappa shape index (κ1) is 13.6. The summed E-state index contributed by atoms with van der Waals surface area (Å²) in [6, 6.07) is 0. The molecule has 0 aromatic heterocycles. The molecule has 1 amide bonds. The number of aliphatic hydroxyl groups is 1. The molecule has 1 spiro atoms. The van der Waals surface area contributed by atoms with Crippen LogP contribution in [0.2, 0.25) is 0 Å². The van der Waals surface area contributed by atoms with E-state index in [-0.39, 0.29) is 11.5 Å². The first-order valence-corrected chi connectivity index (χ1v) is 6.69. The molecule has 0 bridgehead atoms. The van der Waals surface area contributed by atoms with E-state index in [0.29, 0.717) is 13.1 Å². The van der Waals surface area contributed by atoms with E-state index >= 15 is 0 Å². The molecule has 2 fully saturated rings. The van der Waals surface area contributed by atoms with Crippen LogP contribution in [0.25, 0.3) is 0 Å². The Morgan fingerprint density at radius 1 is 1.50 bits per heavy atom. The normalized spacial score (nSPS) is 32.9. The SMILES string of the molecule is CC(C)(C)OC(=O)N1CC(O)C2(CCCNC2)C1. The van der Waals surface area contributed by atoms with Crippen molar-refractivity contribution in [2.24, 2.45) is 5.41 Å². The largest absolute Gasteiger partial charge is 0.444 e. The Hall–Kier alpha value is -0.810. The van der Waals surface area contributed by atoms with Crippen molar-refractivity contribution < 1.29 is 14.6 Å². The number of hydrogen-bond acceptors (Lipinski definition) is 4. The Bertz CT molecular complexity index is 319. The van der Waals surface area contributed by atoms with E-state index in [9.17, 15) is 9.90 Å². The zero-order valence-electron chi connectivity index (χ0n) is 11.5. The van der Waals surface area contributed by atoms with Crippen LogP contribution in [-0.4, -0.2) is 54.0 Å². The van der Waals surface area contributed by atoms with Crippen LogP contribution in [0.5, 0.6) is 0 Å². The van der Waals surface area contributed by atoms with Crippen molar-refractivity contribution in [2.45, 2.75) is 45.3 Å². The molecular formula is C13H24N2O3. The number of carbonyl (C=O) groups excluding carboxylic acids is 1. The topological polar surface area (TPSA) is 61.8 Å². The van der Waals surface area contributed by atoms with Crippen LogP contribution in [0.15, 0.2) is 0 Å². The standard InChI is InChI=1S/C13H24N2O3/c1-12(2,3)18-11(17)15-7-10(16)13(9-15)5-4-6-14-8-13/h10,14,16H,4-9H2,1-3H3. The Labute approximate surface area is 108 Å². The highest BCUT2D eigenvalue weighted by Gasteiger charge is 2.48. The predicted octanol–water partition coefficient (Wildman–Crippen LogP) is 0.968. The molecule has 104 valence electrons. The van der Waals surface area contributed by atoms with Crippen molar-refractivity contribution in [2.75, 3.05) is 26.2 Å². The quantitative estimate of drug-likeness (QED) is 0.678. The van der Waals surface area contributed by atoms with E-state index in [1.807, 2.05) is 20.8 Å². The van der Waals surface area contributed by atoms with E-state index in [2.05, 4.69) is 5.32 Å². The van der Waals surface area contributed by atoms with Gasteiger partial charge in [-0.2, -0.15) is 0 Å². The lowest BCUT2D eigenvalue weighted by Gasteiger charge is -2.36. The lowest BCUT2D eigenvalue weighted by molar-refractivity contribution is 0.0266. The molecule has 5 heteroatoms. The third-order valence-electron chi connectivity index (χ3n) is 3.76. The molecule has 0 saturated carbocycles. The van der Waals surface area contributed by atoms with Gasteiger partial charge in [0.05, 0.1) is 12.6 Å². The summed E-state index contributed by atoms with van der Waals surface area (Å²) in [6.45, 7) is 8.33. The summed E-state index contributed by atoms with van der Waals surface area (Å²) >= 11 is 0. The molecule has 2 heterocycles. The van der Waals surface area contributed by atoms with Gasteiger partial charge in [-0.05, 0) is 40.2 Å². The van der Waals surface area contributed by atoms with Gasteiger partial charge in [0.25, 0.3) is 0 Å². The molecule has 5 nitrogen and oxygen atoms in total. The van der Waals surface area contributed by atoms with Crippen LogP contribution >= 0.6 is 0 Å². The number of β-amino-alcohol motifs (C(OH)–C–C–N with tert-alkyl or cyclic N) is 1. The highest BCUT2D eigenvalue weighted by atomic mass is 16.6. The fourth-order valence-electron chi connectivity index (χ4n) is 2.83. The predicted molar refractivity (Wildman–Crippen MR) is 68.4 cm³/mol. The number of likely N-dealkylation sites (tertiary alicyclic amines) is 1. The molecule has 2 unspecified atom stereocenters. The van der Waals surface area contributed by atoms with Gasteiger partial charge >= 0.3 is 6.09 Å². The van der Waals surface area contributed by atoms with Crippen molar-refractivity contribution in [3.8, 4) is 0 Å². The number of rotatable bonds is 0.